The van der Waals surface area contributed by atoms with Crippen molar-refractivity contribution in [3.63, 3.8) is 0 Å². The summed E-state index contributed by atoms with van der Waals surface area (Å²) in [5, 5.41) is 4.00. The van der Waals surface area contributed by atoms with E-state index in [0.717, 1.165) is 31.4 Å². The van der Waals surface area contributed by atoms with Crippen LogP contribution in [0.2, 0.25) is 0 Å². The van der Waals surface area contributed by atoms with Crippen LogP contribution in [-0.2, 0) is 0 Å². The van der Waals surface area contributed by atoms with Gasteiger partial charge in [0.25, 0.3) is 5.91 Å². The molecule has 5 heteroatoms. The Balaban J connectivity index is 1.57. The molecule has 1 aromatic carbocycles. The summed E-state index contributed by atoms with van der Waals surface area (Å²) >= 11 is 0. The van der Waals surface area contributed by atoms with E-state index >= 15 is 0 Å². The zero-order valence-electron chi connectivity index (χ0n) is 14.9. The van der Waals surface area contributed by atoms with Crippen LogP contribution in [0.15, 0.2) is 34.9 Å². The van der Waals surface area contributed by atoms with Gasteiger partial charge in [-0.3, -0.25) is 4.79 Å². The van der Waals surface area contributed by atoms with Crippen molar-refractivity contribution >= 4 is 5.91 Å². The molecule has 1 aromatic heterocycles. The van der Waals surface area contributed by atoms with Crippen LogP contribution in [0.25, 0.3) is 11.3 Å². The molecule has 132 valence electrons. The second kappa shape index (κ2) is 5.41. The zero-order valence-corrected chi connectivity index (χ0v) is 14.9. The van der Waals surface area contributed by atoms with Gasteiger partial charge in [-0.15, -0.1) is 0 Å². The summed E-state index contributed by atoms with van der Waals surface area (Å²) < 4.78 is 18.4. The van der Waals surface area contributed by atoms with Crippen LogP contribution >= 0.6 is 0 Å². The lowest BCUT2D eigenvalue weighted by molar-refractivity contribution is 0.0667. The number of rotatable bonds is 2. The van der Waals surface area contributed by atoms with E-state index in [4.69, 9.17) is 4.52 Å². The molecule has 2 aliphatic rings. The molecule has 1 saturated heterocycles. The van der Waals surface area contributed by atoms with Crippen molar-refractivity contribution in [2.24, 2.45) is 10.8 Å². The minimum Gasteiger partial charge on any atom is -0.350 e. The molecule has 1 aliphatic heterocycles. The highest BCUT2D eigenvalue weighted by molar-refractivity contribution is 5.93. The molecule has 0 radical (unpaired) electrons. The summed E-state index contributed by atoms with van der Waals surface area (Å²) in [6.07, 6.45) is 3.21. The van der Waals surface area contributed by atoms with Gasteiger partial charge in [-0.25, -0.2) is 4.39 Å². The molecule has 2 heterocycles. The van der Waals surface area contributed by atoms with Gasteiger partial charge in [0.1, 0.15) is 11.5 Å². The summed E-state index contributed by atoms with van der Waals surface area (Å²) in [6, 6.07) is 7.93. The first-order valence-electron chi connectivity index (χ1n) is 8.78. The first-order chi connectivity index (χ1) is 11.7. The number of benzene rings is 1. The fraction of sp³-hybridized carbons (Fsp3) is 0.500. The number of hydrogen-bond donors (Lipinski definition) is 0. The molecule has 0 spiro atoms. The highest BCUT2D eigenvalue weighted by atomic mass is 19.1. The molecule has 1 amide bonds. The monoisotopic (exact) mass is 342 g/mol. The van der Waals surface area contributed by atoms with Crippen molar-refractivity contribution in [3.8, 4) is 11.3 Å². The summed E-state index contributed by atoms with van der Waals surface area (Å²) in [5.41, 5.74) is 1.73. The summed E-state index contributed by atoms with van der Waals surface area (Å²) in [4.78, 5) is 14.9. The third kappa shape index (κ3) is 2.96. The Bertz CT molecular complexity index is 811. The van der Waals surface area contributed by atoms with Gasteiger partial charge in [0.2, 0.25) is 5.76 Å². The molecule has 2 bridgehead atoms. The Morgan fingerprint density at radius 2 is 1.96 bits per heavy atom. The van der Waals surface area contributed by atoms with E-state index in [-0.39, 0.29) is 34.4 Å². The molecule has 25 heavy (non-hydrogen) atoms. The minimum absolute atomic E-state index is 0.0905. The summed E-state index contributed by atoms with van der Waals surface area (Å²) in [6.45, 7) is 7.62. The van der Waals surface area contributed by atoms with Crippen LogP contribution in [0.5, 0.6) is 0 Å². The first-order valence-corrected chi connectivity index (χ1v) is 8.78. The van der Waals surface area contributed by atoms with Crippen LogP contribution in [0, 0.1) is 16.6 Å². The Kier molecular flexibility index (Phi) is 3.53. The minimum atomic E-state index is -0.302. The Morgan fingerprint density at radius 1 is 1.24 bits per heavy atom. The lowest BCUT2D eigenvalue weighted by Gasteiger charge is -2.39. The maximum atomic E-state index is 13.1. The highest BCUT2D eigenvalue weighted by Crippen LogP contribution is 2.52. The number of fused-ring (bicyclic) bond motifs is 2. The van der Waals surface area contributed by atoms with Crippen molar-refractivity contribution in [1.82, 2.24) is 10.1 Å². The number of carbonyl (C=O) groups excluding carboxylic acids is 1. The van der Waals surface area contributed by atoms with Crippen LogP contribution in [-0.4, -0.2) is 28.6 Å². The van der Waals surface area contributed by atoms with Gasteiger partial charge in [-0.1, -0.05) is 25.9 Å². The van der Waals surface area contributed by atoms with E-state index in [0.29, 0.717) is 5.69 Å². The van der Waals surface area contributed by atoms with E-state index in [1.807, 2.05) is 4.90 Å². The quantitative estimate of drug-likeness (QED) is 0.806. The van der Waals surface area contributed by atoms with E-state index in [1.54, 1.807) is 18.2 Å². The van der Waals surface area contributed by atoms with Gasteiger partial charge < -0.3 is 9.42 Å². The number of hydrogen-bond acceptors (Lipinski definition) is 3. The molecule has 1 saturated carbocycles. The molecule has 1 aliphatic carbocycles. The van der Waals surface area contributed by atoms with Gasteiger partial charge in [-0.05, 0) is 54.4 Å². The lowest BCUT2D eigenvalue weighted by Crippen LogP contribution is -2.37. The number of carbonyl (C=O) groups is 1. The molecular formula is C20H23FN2O2. The smallest absolute Gasteiger partial charge is 0.292 e. The van der Waals surface area contributed by atoms with Crippen LogP contribution in [0.3, 0.4) is 0 Å². The number of halogens is 1. The van der Waals surface area contributed by atoms with E-state index in [9.17, 15) is 9.18 Å². The zero-order chi connectivity index (χ0) is 17.8. The lowest BCUT2D eigenvalue weighted by atomic mass is 9.65. The number of aromatic nitrogens is 1. The first kappa shape index (κ1) is 16.3. The number of amides is 1. The average molecular weight is 342 g/mol. The van der Waals surface area contributed by atoms with Gasteiger partial charge in [0.15, 0.2) is 0 Å². The van der Waals surface area contributed by atoms with Crippen molar-refractivity contribution in [2.45, 2.75) is 46.1 Å². The topological polar surface area (TPSA) is 46.3 Å². The fourth-order valence-corrected chi connectivity index (χ4v) is 4.97. The van der Waals surface area contributed by atoms with Crippen molar-refractivity contribution in [1.29, 1.82) is 0 Å². The standard InChI is InChI=1S/C20H23FN2O2/c1-19(2)9-15-10-20(3,11-19)12-23(15)18(24)17-8-16(22-25-17)13-4-6-14(21)7-5-13/h4-8,15H,9-12H2,1-3H3/t15-,20+/m0/s1. The van der Waals surface area contributed by atoms with Gasteiger partial charge >= 0.3 is 0 Å². The van der Waals surface area contributed by atoms with E-state index in [1.165, 1.54) is 12.1 Å². The summed E-state index contributed by atoms with van der Waals surface area (Å²) in [5.74, 6) is -0.135. The van der Waals surface area contributed by atoms with E-state index in [2.05, 4.69) is 25.9 Å². The highest BCUT2D eigenvalue weighted by Gasteiger charge is 2.51. The fourth-order valence-electron chi connectivity index (χ4n) is 4.97. The van der Waals surface area contributed by atoms with Crippen molar-refractivity contribution in [2.75, 3.05) is 6.54 Å². The predicted octanol–water partition coefficient (Wildman–Crippen LogP) is 4.52. The second-order valence-corrected chi connectivity index (χ2v) is 8.73. The van der Waals surface area contributed by atoms with E-state index < -0.39 is 0 Å². The molecule has 0 unspecified atom stereocenters. The Morgan fingerprint density at radius 3 is 2.68 bits per heavy atom. The van der Waals surface area contributed by atoms with Gasteiger partial charge in [0.05, 0.1) is 0 Å². The van der Waals surface area contributed by atoms with Crippen LogP contribution in [0.1, 0.15) is 50.6 Å². The van der Waals surface area contributed by atoms with Crippen molar-refractivity contribution in [3.05, 3.63) is 41.9 Å². The SMILES string of the molecule is CC1(C)C[C@H]2C[C@@](C)(CN2C(=O)c2cc(-c3ccc(F)cc3)no2)C1. The molecule has 4 rings (SSSR count). The third-order valence-electron chi connectivity index (χ3n) is 5.54. The molecular weight excluding hydrogens is 319 g/mol. The van der Waals surface area contributed by atoms with Gasteiger partial charge in [0, 0.05) is 24.2 Å². The second-order valence-electron chi connectivity index (χ2n) is 8.73. The Labute approximate surface area is 147 Å². The maximum Gasteiger partial charge on any atom is 0.292 e. The van der Waals surface area contributed by atoms with Crippen LogP contribution < -0.4 is 0 Å². The molecule has 2 fully saturated rings. The van der Waals surface area contributed by atoms with Crippen LogP contribution in [0.4, 0.5) is 4.39 Å². The number of likely N-dealkylation sites (tertiary alicyclic amines) is 1. The maximum absolute atomic E-state index is 13.1. The number of nitrogens with zero attached hydrogens (tertiary/aromatic N) is 2. The predicted molar refractivity (Wildman–Crippen MR) is 92.5 cm³/mol. The largest absolute Gasteiger partial charge is 0.350 e. The van der Waals surface area contributed by atoms with Gasteiger partial charge in [-0.2, -0.15) is 0 Å². The van der Waals surface area contributed by atoms with Crippen molar-refractivity contribution < 1.29 is 13.7 Å². The molecule has 4 nitrogen and oxygen atoms in total. The third-order valence-corrected chi connectivity index (χ3v) is 5.54. The normalized spacial score (nSPS) is 27.5. The Hall–Kier alpha value is -2.17. The average Bonchev–Trinajstić information content (AvgIpc) is 3.09. The molecule has 2 atom stereocenters. The molecule has 2 aromatic rings. The molecule has 0 N–H and O–H groups in total. The summed E-state index contributed by atoms with van der Waals surface area (Å²) in [7, 11) is 0.